The first-order valence-corrected chi connectivity index (χ1v) is 8.31. The SMILES string of the molecule is CS(=O)(=O)Cc1cccc(NC(=O)C2CCCN2)c1. The smallest absolute Gasteiger partial charge is 0.241 e. The predicted octanol–water partition coefficient (Wildman–Crippen LogP) is 0.922. The molecule has 1 aliphatic heterocycles. The maximum Gasteiger partial charge on any atom is 0.241 e. The average molecular weight is 282 g/mol. The summed E-state index contributed by atoms with van der Waals surface area (Å²) in [7, 11) is -3.06. The van der Waals surface area contributed by atoms with Crippen molar-refractivity contribution in [3.8, 4) is 0 Å². The maximum atomic E-state index is 11.9. The molecule has 1 atom stereocenters. The topological polar surface area (TPSA) is 75.3 Å². The van der Waals surface area contributed by atoms with Crippen molar-refractivity contribution in [1.82, 2.24) is 5.32 Å². The van der Waals surface area contributed by atoms with Gasteiger partial charge in [0, 0.05) is 11.9 Å². The minimum atomic E-state index is -3.06. The van der Waals surface area contributed by atoms with E-state index in [1.807, 2.05) is 0 Å². The number of benzene rings is 1. The van der Waals surface area contributed by atoms with Crippen molar-refractivity contribution in [1.29, 1.82) is 0 Å². The van der Waals surface area contributed by atoms with Crippen LogP contribution in [0.4, 0.5) is 5.69 Å². The zero-order valence-electron chi connectivity index (χ0n) is 10.8. The second kappa shape index (κ2) is 5.71. The fourth-order valence-corrected chi connectivity index (χ4v) is 2.96. The van der Waals surface area contributed by atoms with Gasteiger partial charge in [-0.2, -0.15) is 0 Å². The third-order valence-electron chi connectivity index (χ3n) is 3.00. The van der Waals surface area contributed by atoms with Gasteiger partial charge in [0.2, 0.25) is 5.91 Å². The molecule has 19 heavy (non-hydrogen) atoms. The number of sulfone groups is 1. The molecule has 1 aromatic carbocycles. The van der Waals surface area contributed by atoms with E-state index in [-0.39, 0.29) is 17.7 Å². The van der Waals surface area contributed by atoms with Gasteiger partial charge in [-0.15, -0.1) is 0 Å². The molecule has 2 N–H and O–H groups in total. The van der Waals surface area contributed by atoms with Crippen LogP contribution in [-0.2, 0) is 20.4 Å². The van der Waals surface area contributed by atoms with Crippen molar-refractivity contribution >= 4 is 21.4 Å². The van der Waals surface area contributed by atoms with Gasteiger partial charge in [0.1, 0.15) is 0 Å². The van der Waals surface area contributed by atoms with Crippen LogP contribution in [0.25, 0.3) is 0 Å². The Morgan fingerprint density at radius 3 is 2.89 bits per heavy atom. The quantitative estimate of drug-likeness (QED) is 0.861. The van der Waals surface area contributed by atoms with Crippen LogP contribution in [0.2, 0.25) is 0 Å². The fourth-order valence-electron chi connectivity index (χ4n) is 2.18. The van der Waals surface area contributed by atoms with Crippen molar-refractivity contribution in [3.63, 3.8) is 0 Å². The lowest BCUT2D eigenvalue weighted by molar-refractivity contribution is -0.117. The minimum absolute atomic E-state index is 0.0155. The number of anilines is 1. The Balaban J connectivity index is 2.04. The molecule has 0 saturated carbocycles. The van der Waals surface area contributed by atoms with E-state index in [1.54, 1.807) is 24.3 Å². The van der Waals surface area contributed by atoms with Crippen LogP contribution in [0, 0.1) is 0 Å². The highest BCUT2D eigenvalue weighted by Gasteiger charge is 2.21. The van der Waals surface area contributed by atoms with Gasteiger partial charge in [0.05, 0.1) is 11.8 Å². The van der Waals surface area contributed by atoms with Crippen molar-refractivity contribution in [2.24, 2.45) is 0 Å². The van der Waals surface area contributed by atoms with Crippen LogP contribution in [-0.4, -0.2) is 33.2 Å². The predicted molar refractivity (Wildman–Crippen MR) is 74.6 cm³/mol. The first-order valence-electron chi connectivity index (χ1n) is 6.25. The van der Waals surface area contributed by atoms with Gasteiger partial charge in [-0.05, 0) is 37.1 Å². The third kappa shape index (κ3) is 4.33. The molecule has 1 saturated heterocycles. The summed E-state index contributed by atoms with van der Waals surface area (Å²) in [6, 6.07) is 6.81. The second-order valence-corrected chi connectivity index (χ2v) is 7.05. The standard InChI is InChI=1S/C13H18N2O3S/c1-19(17,18)9-10-4-2-5-11(8-10)15-13(16)12-6-3-7-14-12/h2,4-5,8,12,14H,3,6-7,9H2,1H3,(H,15,16). The summed E-state index contributed by atoms with van der Waals surface area (Å²) in [5.41, 5.74) is 1.32. The summed E-state index contributed by atoms with van der Waals surface area (Å²) in [6.07, 6.45) is 3.04. The molecule has 1 aromatic rings. The Morgan fingerprint density at radius 2 is 2.26 bits per heavy atom. The molecule has 0 bridgehead atoms. The van der Waals surface area contributed by atoms with Gasteiger partial charge in [-0.1, -0.05) is 12.1 Å². The summed E-state index contributed by atoms with van der Waals surface area (Å²) >= 11 is 0. The molecule has 1 amide bonds. The van der Waals surface area contributed by atoms with Gasteiger partial charge in [0.25, 0.3) is 0 Å². The van der Waals surface area contributed by atoms with E-state index >= 15 is 0 Å². The molecule has 0 aliphatic carbocycles. The summed E-state index contributed by atoms with van der Waals surface area (Å²) in [5.74, 6) is -0.0766. The van der Waals surface area contributed by atoms with Crippen LogP contribution < -0.4 is 10.6 Å². The lowest BCUT2D eigenvalue weighted by Gasteiger charge is -2.11. The molecule has 104 valence electrons. The van der Waals surface area contributed by atoms with Gasteiger partial charge >= 0.3 is 0 Å². The lowest BCUT2D eigenvalue weighted by atomic mass is 10.2. The number of hydrogen-bond acceptors (Lipinski definition) is 4. The van der Waals surface area contributed by atoms with E-state index in [4.69, 9.17) is 0 Å². The van der Waals surface area contributed by atoms with Crippen molar-refractivity contribution in [3.05, 3.63) is 29.8 Å². The van der Waals surface area contributed by atoms with E-state index < -0.39 is 9.84 Å². The summed E-state index contributed by atoms with van der Waals surface area (Å²) in [4.78, 5) is 11.9. The van der Waals surface area contributed by atoms with E-state index in [1.165, 1.54) is 6.26 Å². The highest BCUT2D eigenvalue weighted by atomic mass is 32.2. The molecular formula is C13H18N2O3S. The molecular weight excluding hydrogens is 264 g/mol. The maximum absolute atomic E-state index is 11.9. The van der Waals surface area contributed by atoms with E-state index in [0.717, 1.165) is 19.4 Å². The Hall–Kier alpha value is -1.40. The molecule has 1 heterocycles. The Morgan fingerprint density at radius 1 is 1.47 bits per heavy atom. The third-order valence-corrected chi connectivity index (χ3v) is 3.86. The number of nitrogens with one attached hydrogen (secondary N) is 2. The first kappa shape index (κ1) is 14.0. The molecule has 5 nitrogen and oxygen atoms in total. The molecule has 0 radical (unpaired) electrons. The van der Waals surface area contributed by atoms with E-state index in [2.05, 4.69) is 10.6 Å². The molecule has 1 fully saturated rings. The van der Waals surface area contributed by atoms with Crippen molar-refractivity contribution in [2.75, 3.05) is 18.1 Å². The molecule has 1 aliphatic rings. The largest absolute Gasteiger partial charge is 0.325 e. The number of carbonyl (C=O) groups excluding carboxylic acids is 1. The normalized spacial score (nSPS) is 19.3. The summed E-state index contributed by atoms with van der Waals surface area (Å²) in [5, 5.41) is 5.94. The zero-order chi connectivity index (χ0) is 13.9. The van der Waals surface area contributed by atoms with Gasteiger partial charge in [-0.25, -0.2) is 8.42 Å². The minimum Gasteiger partial charge on any atom is -0.325 e. The molecule has 6 heteroatoms. The number of carbonyl (C=O) groups is 1. The van der Waals surface area contributed by atoms with Crippen LogP contribution >= 0.6 is 0 Å². The molecule has 1 unspecified atom stereocenters. The summed E-state index contributed by atoms with van der Waals surface area (Å²) < 4.78 is 22.5. The van der Waals surface area contributed by atoms with E-state index in [0.29, 0.717) is 11.3 Å². The van der Waals surface area contributed by atoms with E-state index in [9.17, 15) is 13.2 Å². The fraction of sp³-hybridized carbons (Fsp3) is 0.462. The zero-order valence-corrected chi connectivity index (χ0v) is 11.7. The Kier molecular flexibility index (Phi) is 4.21. The van der Waals surface area contributed by atoms with Gasteiger partial charge in [-0.3, -0.25) is 4.79 Å². The Labute approximate surface area is 113 Å². The van der Waals surface area contributed by atoms with Gasteiger partial charge < -0.3 is 10.6 Å². The van der Waals surface area contributed by atoms with Crippen molar-refractivity contribution in [2.45, 2.75) is 24.6 Å². The summed E-state index contributed by atoms with van der Waals surface area (Å²) in [6.45, 7) is 0.867. The monoisotopic (exact) mass is 282 g/mol. The number of rotatable bonds is 4. The molecule has 0 aromatic heterocycles. The highest BCUT2D eigenvalue weighted by Crippen LogP contribution is 2.14. The molecule has 2 rings (SSSR count). The first-order chi connectivity index (χ1) is 8.94. The van der Waals surface area contributed by atoms with Crippen molar-refractivity contribution < 1.29 is 13.2 Å². The average Bonchev–Trinajstić information content (AvgIpc) is 2.80. The van der Waals surface area contributed by atoms with Crippen LogP contribution in [0.5, 0.6) is 0 Å². The molecule has 0 spiro atoms. The van der Waals surface area contributed by atoms with Gasteiger partial charge in [0.15, 0.2) is 9.84 Å². The van der Waals surface area contributed by atoms with Crippen LogP contribution in [0.3, 0.4) is 0 Å². The Bertz CT molecular complexity index is 563. The van der Waals surface area contributed by atoms with Crippen LogP contribution in [0.15, 0.2) is 24.3 Å². The number of hydrogen-bond donors (Lipinski definition) is 2. The number of amides is 1. The second-order valence-electron chi connectivity index (χ2n) is 4.91. The lowest BCUT2D eigenvalue weighted by Crippen LogP contribution is -2.35. The highest BCUT2D eigenvalue weighted by molar-refractivity contribution is 7.89. The van der Waals surface area contributed by atoms with Crippen LogP contribution in [0.1, 0.15) is 18.4 Å².